The second kappa shape index (κ2) is 9.61. The fourth-order valence-corrected chi connectivity index (χ4v) is 2.56. The smallest absolute Gasteiger partial charge is 0.242 e. The molecule has 1 rings (SSSR count). The molecule has 0 unspecified atom stereocenters. The maximum absolute atomic E-state index is 11.5. The van der Waals surface area contributed by atoms with Crippen LogP contribution in [0.1, 0.15) is 13.8 Å². The molecule has 0 radical (unpaired) electrons. The predicted molar refractivity (Wildman–Crippen MR) is 89.0 cm³/mol. The fraction of sp³-hybridized carbons (Fsp3) is 0.429. The van der Waals surface area contributed by atoms with E-state index < -0.39 is 0 Å². The van der Waals surface area contributed by atoms with Crippen molar-refractivity contribution < 1.29 is 4.79 Å². The summed E-state index contributed by atoms with van der Waals surface area (Å²) in [6.07, 6.45) is 0. The number of thiocarbonyl (C=S) groups is 1. The average molecular weight is 311 g/mol. The molecular formula is C14H21N3OS2. The Morgan fingerprint density at radius 2 is 2.00 bits per heavy atom. The first-order chi connectivity index (χ1) is 9.63. The van der Waals surface area contributed by atoms with Crippen LogP contribution in [0.5, 0.6) is 0 Å². The first kappa shape index (κ1) is 16.8. The molecule has 0 saturated carbocycles. The minimum atomic E-state index is -0.322. The second-order valence-corrected chi connectivity index (χ2v) is 5.75. The van der Waals surface area contributed by atoms with E-state index in [0.717, 1.165) is 12.3 Å². The third-order valence-electron chi connectivity index (χ3n) is 2.49. The van der Waals surface area contributed by atoms with E-state index in [1.807, 2.05) is 25.1 Å². The third-order valence-corrected chi connectivity index (χ3v) is 3.77. The molecule has 1 aromatic rings. The topological polar surface area (TPSA) is 53.2 Å². The second-order valence-electron chi connectivity index (χ2n) is 4.18. The molecule has 0 bridgehead atoms. The molecule has 0 heterocycles. The number of thioether (sulfide) groups is 1. The maximum atomic E-state index is 11.5. The van der Waals surface area contributed by atoms with Crippen molar-refractivity contribution in [2.75, 3.05) is 18.8 Å². The minimum absolute atomic E-state index is 0.0460. The van der Waals surface area contributed by atoms with Crippen LogP contribution in [0, 0.1) is 0 Å². The summed E-state index contributed by atoms with van der Waals surface area (Å²) >= 11 is 6.92. The molecule has 1 aromatic carbocycles. The average Bonchev–Trinajstić information content (AvgIpc) is 2.45. The van der Waals surface area contributed by atoms with Gasteiger partial charge in [0.15, 0.2) is 5.11 Å². The van der Waals surface area contributed by atoms with Gasteiger partial charge in [0.1, 0.15) is 6.04 Å². The summed E-state index contributed by atoms with van der Waals surface area (Å²) in [5.41, 5.74) is 0. The summed E-state index contributed by atoms with van der Waals surface area (Å²) in [5.74, 6) is 0.872. The van der Waals surface area contributed by atoms with Gasteiger partial charge in [0.25, 0.3) is 0 Å². The SMILES string of the molecule is CCNC(=O)[C@@H](C)NC(=S)NCCSc1ccccc1. The summed E-state index contributed by atoms with van der Waals surface area (Å²) < 4.78 is 0. The van der Waals surface area contributed by atoms with E-state index in [1.165, 1.54) is 4.90 Å². The Hall–Kier alpha value is -1.27. The molecule has 0 saturated heterocycles. The summed E-state index contributed by atoms with van der Waals surface area (Å²) in [5, 5.41) is 9.32. The number of likely N-dealkylation sites (N-methyl/N-ethyl adjacent to an activating group) is 1. The van der Waals surface area contributed by atoms with Crippen LogP contribution in [0.3, 0.4) is 0 Å². The highest BCUT2D eigenvalue weighted by atomic mass is 32.2. The van der Waals surface area contributed by atoms with E-state index in [9.17, 15) is 4.79 Å². The zero-order valence-corrected chi connectivity index (χ0v) is 13.4. The summed E-state index contributed by atoms with van der Waals surface area (Å²) in [7, 11) is 0. The first-order valence-electron chi connectivity index (χ1n) is 6.63. The molecule has 0 aliphatic rings. The Kier molecular flexibility index (Phi) is 8.06. The molecule has 0 spiro atoms. The van der Waals surface area contributed by atoms with Gasteiger partial charge in [0.05, 0.1) is 0 Å². The lowest BCUT2D eigenvalue weighted by atomic mass is 10.3. The Balaban J connectivity index is 2.15. The minimum Gasteiger partial charge on any atom is -0.362 e. The largest absolute Gasteiger partial charge is 0.362 e. The van der Waals surface area contributed by atoms with Crippen molar-refractivity contribution in [2.45, 2.75) is 24.8 Å². The van der Waals surface area contributed by atoms with Crippen molar-refractivity contribution in [3.8, 4) is 0 Å². The number of hydrogen-bond acceptors (Lipinski definition) is 3. The molecule has 0 fully saturated rings. The standard InChI is InChI=1S/C14H21N3OS2/c1-3-15-13(18)11(2)17-14(19)16-9-10-20-12-7-5-4-6-8-12/h4-8,11H,3,9-10H2,1-2H3,(H,15,18)(H2,16,17,19)/t11-/m1/s1. The molecule has 0 aliphatic heterocycles. The van der Waals surface area contributed by atoms with Crippen molar-refractivity contribution in [2.24, 2.45) is 0 Å². The van der Waals surface area contributed by atoms with Crippen LogP contribution in [-0.2, 0) is 4.79 Å². The monoisotopic (exact) mass is 311 g/mol. The molecule has 0 aromatic heterocycles. The highest BCUT2D eigenvalue weighted by molar-refractivity contribution is 7.99. The van der Waals surface area contributed by atoms with Crippen molar-refractivity contribution in [3.05, 3.63) is 30.3 Å². The van der Waals surface area contributed by atoms with Crippen LogP contribution in [0.15, 0.2) is 35.2 Å². The van der Waals surface area contributed by atoms with Crippen LogP contribution in [0.4, 0.5) is 0 Å². The third kappa shape index (κ3) is 6.77. The lowest BCUT2D eigenvalue weighted by molar-refractivity contribution is -0.122. The number of rotatable bonds is 7. The zero-order valence-electron chi connectivity index (χ0n) is 11.8. The molecule has 1 amide bonds. The molecule has 110 valence electrons. The quantitative estimate of drug-likeness (QED) is 0.407. The summed E-state index contributed by atoms with van der Waals surface area (Å²) in [6.45, 7) is 5.06. The molecule has 1 atom stereocenters. The normalized spacial score (nSPS) is 11.5. The number of hydrogen-bond donors (Lipinski definition) is 3. The maximum Gasteiger partial charge on any atom is 0.242 e. The van der Waals surface area contributed by atoms with Crippen LogP contribution >= 0.6 is 24.0 Å². The number of nitrogens with one attached hydrogen (secondary N) is 3. The molecule has 0 aliphatic carbocycles. The number of carbonyl (C=O) groups excluding carboxylic acids is 1. The van der Waals surface area contributed by atoms with Gasteiger partial charge in [-0.15, -0.1) is 11.8 Å². The van der Waals surface area contributed by atoms with Gasteiger partial charge in [-0.25, -0.2) is 0 Å². The Bertz CT molecular complexity index is 426. The fourth-order valence-electron chi connectivity index (χ4n) is 1.49. The molecule has 6 heteroatoms. The Morgan fingerprint density at radius 3 is 2.65 bits per heavy atom. The number of amides is 1. The van der Waals surface area contributed by atoms with Crippen molar-refractivity contribution in [3.63, 3.8) is 0 Å². The molecule has 20 heavy (non-hydrogen) atoms. The van der Waals surface area contributed by atoms with E-state index in [1.54, 1.807) is 18.7 Å². The lowest BCUT2D eigenvalue weighted by Crippen LogP contribution is -2.48. The molecule has 4 nitrogen and oxygen atoms in total. The Labute approximate surface area is 130 Å². The number of carbonyl (C=O) groups is 1. The van der Waals surface area contributed by atoms with Crippen LogP contribution in [0.2, 0.25) is 0 Å². The summed E-state index contributed by atoms with van der Waals surface area (Å²) in [4.78, 5) is 12.8. The Morgan fingerprint density at radius 1 is 1.30 bits per heavy atom. The number of benzene rings is 1. The van der Waals surface area contributed by atoms with Crippen molar-refractivity contribution >= 4 is 35.0 Å². The zero-order chi connectivity index (χ0) is 14.8. The predicted octanol–water partition coefficient (Wildman–Crippen LogP) is 1.77. The van der Waals surface area contributed by atoms with E-state index >= 15 is 0 Å². The highest BCUT2D eigenvalue weighted by Crippen LogP contribution is 2.15. The van der Waals surface area contributed by atoms with Gasteiger partial charge in [-0.05, 0) is 38.2 Å². The van der Waals surface area contributed by atoms with Gasteiger partial charge in [0, 0.05) is 23.7 Å². The van der Waals surface area contributed by atoms with Gasteiger partial charge in [0.2, 0.25) is 5.91 Å². The molecular weight excluding hydrogens is 290 g/mol. The van der Waals surface area contributed by atoms with E-state index in [0.29, 0.717) is 11.7 Å². The van der Waals surface area contributed by atoms with E-state index in [4.69, 9.17) is 12.2 Å². The summed E-state index contributed by atoms with van der Waals surface area (Å²) in [6, 6.07) is 9.89. The van der Waals surface area contributed by atoms with Crippen LogP contribution in [-0.4, -0.2) is 35.9 Å². The van der Waals surface area contributed by atoms with Crippen LogP contribution < -0.4 is 16.0 Å². The van der Waals surface area contributed by atoms with Gasteiger partial charge in [-0.2, -0.15) is 0 Å². The first-order valence-corrected chi connectivity index (χ1v) is 8.02. The van der Waals surface area contributed by atoms with E-state index in [2.05, 4.69) is 28.1 Å². The van der Waals surface area contributed by atoms with Crippen molar-refractivity contribution in [1.29, 1.82) is 0 Å². The lowest BCUT2D eigenvalue weighted by Gasteiger charge is -2.16. The van der Waals surface area contributed by atoms with Gasteiger partial charge >= 0.3 is 0 Å². The van der Waals surface area contributed by atoms with Crippen molar-refractivity contribution in [1.82, 2.24) is 16.0 Å². The van der Waals surface area contributed by atoms with Gasteiger partial charge in [-0.3, -0.25) is 4.79 Å². The highest BCUT2D eigenvalue weighted by Gasteiger charge is 2.11. The van der Waals surface area contributed by atoms with E-state index in [-0.39, 0.29) is 11.9 Å². The van der Waals surface area contributed by atoms with Gasteiger partial charge < -0.3 is 16.0 Å². The molecule has 3 N–H and O–H groups in total. The van der Waals surface area contributed by atoms with Crippen LogP contribution in [0.25, 0.3) is 0 Å². The van der Waals surface area contributed by atoms with Gasteiger partial charge in [-0.1, -0.05) is 18.2 Å².